The molecule has 1 atom stereocenters. The first-order valence-corrected chi connectivity index (χ1v) is 5.44. The summed E-state index contributed by atoms with van der Waals surface area (Å²) in [6, 6.07) is 9.24. The van der Waals surface area contributed by atoms with Crippen LogP contribution in [-0.4, -0.2) is 17.7 Å². The number of nitrogens with one attached hydrogen (secondary N) is 2. The summed E-state index contributed by atoms with van der Waals surface area (Å²) in [6.45, 7) is 0.160. The molecule has 0 saturated heterocycles. The number of hydrogen-bond acceptors (Lipinski definition) is 4. The SMILES string of the molecule is CN[S+]([O-])NC(=O)OCc1ccccc1. The van der Waals surface area contributed by atoms with Gasteiger partial charge in [-0.3, -0.25) is 0 Å². The zero-order chi connectivity index (χ0) is 11.1. The Morgan fingerprint density at radius 1 is 1.47 bits per heavy atom. The summed E-state index contributed by atoms with van der Waals surface area (Å²) in [4.78, 5) is 11.0. The van der Waals surface area contributed by atoms with Gasteiger partial charge in [-0.25, -0.2) is 4.79 Å². The van der Waals surface area contributed by atoms with E-state index in [1.807, 2.05) is 30.3 Å². The summed E-state index contributed by atoms with van der Waals surface area (Å²) in [5, 5.41) is 0. The van der Waals surface area contributed by atoms with Crippen molar-refractivity contribution in [1.29, 1.82) is 0 Å². The lowest BCUT2D eigenvalue weighted by Crippen LogP contribution is -2.38. The van der Waals surface area contributed by atoms with Crippen LogP contribution in [0.1, 0.15) is 5.56 Å². The van der Waals surface area contributed by atoms with Crippen LogP contribution in [0.15, 0.2) is 30.3 Å². The fourth-order valence-electron chi connectivity index (χ4n) is 0.879. The van der Waals surface area contributed by atoms with Crippen LogP contribution in [0.5, 0.6) is 0 Å². The van der Waals surface area contributed by atoms with Crippen molar-refractivity contribution in [3.63, 3.8) is 0 Å². The molecular formula is C9H12N2O3S. The zero-order valence-corrected chi connectivity index (χ0v) is 9.04. The van der Waals surface area contributed by atoms with Crippen molar-refractivity contribution in [3.05, 3.63) is 35.9 Å². The maximum absolute atomic E-state index is 11.0. The molecule has 0 aliphatic heterocycles. The molecule has 2 N–H and O–H groups in total. The maximum Gasteiger partial charge on any atom is 0.450 e. The number of ether oxygens (including phenoxy) is 1. The maximum atomic E-state index is 11.0. The molecule has 6 heteroatoms. The Bertz CT molecular complexity index is 307. The van der Waals surface area contributed by atoms with Crippen molar-refractivity contribution >= 4 is 17.6 Å². The van der Waals surface area contributed by atoms with Gasteiger partial charge in [0.05, 0.1) is 0 Å². The number of amides is 1. The van der Waals surface area contributed by atoms with Gasteiger partial charge in [0.25, 0.3) is 0 Å². The van der Waals surface area contributed by atoms with Gasteiger partial charge in [-0.2, -0.15) is 0 Å². The number of carbonyl (C=O) groups is 1. The van der Waals surface area contributed by atoms with Gasteiger partial charge in [0, 0.05) is 7.05 Å². The molecule has 0 spiro atoms. The van der Waals surface area contributed by atoms with Gasteiger partial charge in [-0.1, -0.05) is 30.3 Å². The van der Waals surface area contributed by atoms with E-state index in [2.05, 4.69) is 9.44 Å². The van der Waals surface area contributed by atoms with Gasteiger partial charge < -0.3 is 9.29 Å². The molecule has 0 aromatic heterocycles. The average Bonchev–Trinajstić information content (AvgIpc) is 2.27. The summed E-state index contributed by atoms with van der Waals surface area (Å²) in [7, 11) is 1.47. The van der Waals surface area contributed by atoms with E-state index >= 15 is 0 Å². The highest BCUT2D eigenvalue weighted by Gasteiger charge is 2.10. The highest BCUT2D eigenvalue weighted by atomic mass is 32.2. The lowest BCUT2D eigenvalue weighted by atomic mass is 10.2. The molecule has 1 rings (SSSR count). The first-order valence-electron chi connectivity index (χ1n) is 4.29. The molecule has 0 bridgehead atoms. The Balaban J connectivity index is 2.29. The number of carbonyl (C=O) groups excluding carboxylic acids is 1. The molecule has 0 saturated carbocycles. The topological polar surface area (TPSA) is 73.4 Å². The van der Waals surface area contributed by atoms with E-state index in [-0.39, 0.29) is 6.61 Å². The molecule has 15 heavy (non-hydrogen) atoms. The molecule has 5 nitrogen and oxygen atoms in total. The smallest absolute Gasteiger partial charge is 0.450 e. The van der Waals surface area contributed by atoms with Crippen LogP contribution in [0.25, 0.3) is 0 Å². The molecule has 0 aliphatic carbocycles. The molecule has 0 fully saturated rings. The number of benzene rings is 1. The Morgan fingerprint density at radius 3 is 2.73 bits per heavy atom. The van der Waals surface area contributed by atoms with E-state index in [1.54, 1.807) is 0 Å². The van der Waals surface area contributed by atoms with E-state index in [9.17, 15) is 9.35 Å². The molecule has 0 heterocycles. The first-order chi connectivity index (χ1) is 7.22. The van der Waals surface area contributed by atoms with Gasteiger partial charge in [0.15, 0.2) is 11.5 Å². The normalized spacial score (nSPS) is 11.9. The molecule has 1 aromatic rings. The van der Waals surface area contributed by atoms with Crippen LogP contribution in [0.4, 0.5) is 4.79 Å². The van der Waals surface area contributed by atoms with E-state index in [0.717, 1.165) is 5.56 Å². The van der Waals surface area contributed by atoms with Gasteiger partial charge in [0.1, 0.15) is 6.61 Å². The minimum atomic E-state index is -1.59. The molecular weight excluding hydrogens is 216 g/mol. The predicted octanol–water partition coefficient (Wildman–Crippen LogP) is 0.711. The lowest BCUT2D eigenvalue weighted by Gasteiger charge is -2.08. The first kappa shape index (κ1) is 11.8. The summed E-state index contributed by atoms with van der Waals surface area (Å²) in [5.41, 5.74) is 0.878. The summed E-state index contributed by atoms with van der Waals surface area (Å²) in [5.74, 6) is 0. The second-order valence-corrected chi connectivity index (χ2v) is 3.79. The lowest BCUT2D eigenvalue weighted by molar-refractivity contribution is 0.146. The van der Waals surface area contributed by atoms with Crippen molar-refractivity contribution < 1.29 is 14.1 Å². The van der Waals surface area contributed by atoms with Crippen LogP contribution < -0.4 is 9.44 Å². The molecule has 0 radical (unpaired) electrons. The van der Waals surface area contributed by atoms with Crippen LogP contribution in [-0.2, 0) is 22.9 Å². The summed E-state index contributed by atoms with van der Waals surface area (Å²) in [6.07, 6.45) is -0.716. The molecule has 1 amide bonds. The molecule has 82 valence electrons. The third-order valence-electron chi connectivity index (χ3n) is 1.57. The highest BCUT2D eigenvalue weighted by molar-refractivity contribution is 7.88. The van der Waals surface area contributed by atoms with E-state index in [1.165, 1.54) is 7.05 Å². The van der Waals surface area contributed by atoms with E-state index in [4.69, 9.17) is 4.74 Å². The Morgan fingerprint density at radius 2 is 2.13 bits per heavy atom. The zero-order valence-electron chi connectivity index (χ0n) is 8.23. The van der Waals surface area contributed by atoms with Crippen LogP contribution in [0.3, 0.4) is 0 Å². The fraction of sp³-hybridized carbons (Fsp3) is 0.222. The van der Waals surface area contributed by atoms with Crippen LogP contribution >= 0.6 is 0 Å². The second kappa shape index (κ2) is 6.28. The van der Waals surface area contributed by atoms with Crippen molar-refractivity contribution in [2.24, 2.45) is 0 Å². The highest BCUT2D eigenvalue weighted by Crippen LogP contribution is 2.00. The molecule has 1 unspecified atom stereocenters. The third kappa shape index (κ3) is 4.68. The van der Waals surface area contributed by atoms with Crippen molar-refractivity contribution in [3.8, 4) is 0 Å². The van der Waals surface area contributed by atoms with Gasteiger partial charge in [0.2, 0.25) is 0 Å². The second-order valence-electron chi connectivity index (χ2n) is 2.64. The Labute approximate surface area is 91.3 Å². The van der Waals surface area contributed by atoms with Crippen molar-refractivity contribution in [2.45, 2.75) is 6.61 Å². The van der Waals surface area contributed by atoms with Gasteiger partial charge in [-0.05, 0) is 5.56 Å². The molecule has 0 aliphatic rings. The van der Waals surface area contributed by atoms with Crippen molar-refractivity contribution in [1.82, 2.24) is 9.44 Å². The fourth-order valence-corrected chi connectivity index (χ4v) is 1.19. The van der Waals surface area contributed by atoms with Crippen LogP contribution in [0.2, 0.25) is 0 Å². The standard InChI is InChI=1S/C9H12N2O3S/c1-10-15(13)11-9(12)14-7-8-5-3-2-4-6-8/h2-6,10H,7H2,1H3,(H,11,12). The quantitative estimate of drug-likeness (QED) is 0.744. The molecule has 1 aromatic carbocycles. The van der Waals surface area contributed by atoms with Gasteiger partial charge in [-0.15, -0.1) is 9.44 Å². The minimum Gasteiger partial charge on any atom is -0.573 e. The van der Waals surface area contributed by atoms with E-state index < -0.39 is 17.6 Å². The van der Waals surface area contributed by atoms with Crippen molar-refractivity contribution in [2.75, 3.05) is 7.05 Å². The van der Waals surface area contributed by atoms with E-state index in [0.29, 0.717) is 0 Å². The number of rotatable bonds is 4. The monoisotopic (exact) mass is 228 g/mol. The van der Waals surface area contributed by atoms with Crippen LogP contribution in [0, 0.1) is 0 Å². The minimum absolute atomic E-state index is 0.160. The predicted molar refractivity (Wildman–Crippen MR) is 57.0 cm³/mol. The Hall–Kier alpha value is -1.24. The number of hydrogen-bond donors (Lipinski definition) is 2. The van der Waals surface area contributed by atoms with Gasteiger partial charge >= 0.3 is 6.09 Å². The largest absolute Gasteiger partial charge is 0.573 e. The third-order valence-corrected chi connectivity index (χ3v) is 2.30. The summed E-state index contributed by atoms with van der Waals surface area (Å²) < 4.78 is 20.1. The average molecular weight is 228 g/mol. The summed E-state index contributed by atoms with van der Waals surface area (Å²) >= 11 is -1.59. The Kier molecular flexibility index (Phi) is 4.96.